The monoisotopic (exact) mass is 409 g/mol. The van der Waals surface area contributed by atoms with Gasteiger partial charge in [-0.1, -0.05) is 19.9 Å². The van der Waals surface area contributed by atoms with Crippen LogP contribution in [-0.4, -0.2) is 42.8 Å². The molecule has 0 aliphatic heterocycles. The summed E-state index contributed by atoms with van der Waals surface area (Å²) >= 11 is 0. The molecule has 11 nitrogen and oxygen atoms in total. The normalized spacial score (nSPS) is 11.8. The van der Waals surface area contributed by atoms with E-state index in [1.807, 2.05) is 13.8 Å². The summed E-state index contributed by atoms with van der Waals surface area (Å²) in [5.74, 6) is -0.00683. The Bertz CT molecular complexity index is 1030. The van der Waals surface area contributed by atoms with Crippen LogP contribution in [0.25, 0.3) is 5.82 Å². The summed E-state index contributed by atoms with van der Waals surface area (Å²) in [5, 5.41) is 14.2. The van der Waals surface area contributed by atoms with Gasteiger partial charge in [0.2, 0.25) is 5.91 Å². The molecule has 0 saturated carbocycles. The van der Waals surface area contributed by atoms with Crippen molar-refractivity contribution in [3.05, 3.63) is 48.5 Å². The highest BCUT2D eigenvalue weighted by molar-refractivity contribution is 5.97. The first kappa shape index (κ1) is 20.7. The van der Waals surface area contributed by atoms with Gasteiger partial charge >= 0.3 is 0 Å². The Labute approximate surface area is 172 Å². The maximum Gasteiger partial charge on any atom is 0.269 e. The fraction of sp³-hybridized carbons (Fsp3) is 0.263. The lowest BCUT2D eigenvalue weighted by Gasteiger charge is -2.19. The summed E-state index contributed by atoms with van der Waals surface area (Å²) < 4.78 is 0. The Morgan fingerprint density at radius 1 is 1.17 bits per heavy atom. The van der Waals surface area contributed by atoms with Crippen molar-refractivity contribution in [1.29, 1.82) is 0 Å². The summed E-state index contributed by atoms with van der Waals surface area (Å²) in [6, 6.07) is 6.26. The third-order valence-electron chi connectivity index (χ3n) is 4.13. The average Bonchev–Trinajstić information content (AvgIpc) is 3.22. The molecule has 0 radical (unpaired) electrons. The average molecular weight is 409 g/mol. The zero-order valence-electron chi connectivity index (χ0n) is 16.6. The summed E-state index contributed by atoms with van der Waals surface area (Å²) in [7, 11) is 0. The highest BCUT2D eigenvalue weighted by Gasteiger charge is 2.19. The maximum atomic E-state index is 11.8. The van der Waals surface area contributed by atoms with E-state index in [0.29, 0.717) is 29.4 Å². The van der Waals surface area contributed by atoms with Crippen LogP contribution in [0, 0.1) is 5.92 Å². The molecule has 3 aromatic heterocycles. The number of aromatic nitrogens is 5. The third kappa shape index (κ3) is 5.07. The largest absolute Gasteiger partial charge is 0.372 e. The van der Waals surface area contributed by atoms with E-state index in [-0.39, 0.29) is 11.6 Å². The van der Waals surface area contributed by atoms with Crippen LogP contribution in [0.4, 0.5) is 17.2 Å². The molecule has 1 atom stereocenters. The lowest BCUT2D eigenvalue weighted by atomic mass is 10.0. The molecular weight excluding hydrogens is 386 g/mol. The maximum absolute atomic E-state index is 11.8. The van der Waals surface area contributed by atoms with Crippen LogP contribution >= 0.6 is 0 Å². The fourth-order valence-electron chi connectivity index (χ4n) is 2.83. The lowest BCUT2D eigenvalue weighted by Crippen LogP contribution is -2.36. The van der Waals surface area contributed by atoms with Crippen molar-refractivity contribution in [2.24, 2.45) is 17.4 Å². The molecule has 6 N–H and O–H groups in total. The second-order valence-electron chi connectivity index (χ2n) is 7.04. The van der Waals surface area contributed by atoms with Gasteiger partial charge in [0.05, 0.1) is 30.0 Å². The molecule has 0 fully saturated rings. The minimum atomic E-state index is -0.706. The number of rotatable bonds is 9. The van der Waals surface area contributed by atoms with Gasteiger partial charge in [-0.25, -0.2) is 9.97 Å². The predicted molar refractivity (Wildman–Crippen MR) is 111 cm³/mol. The van der Waals surface area contributed by atoms with Crippen molar-refractivity contribution in [2.75, 3.05) is 10.6 Å². The number of primary amides is 2. The molecule has 0 aliphatic rings. The molecule has 1 unspecified atom stereocenters. The first-order chi connectivity index (χ1) is 14.3. The number of anilines is 3. The number of nitrogens with one attached hydrogen (secondary N) is 2. The van der Waals surface area contributed by atoms with Crippen molar-refractivity contribution < 1.29 is 9.59 Å². The molecule has 156 valence electrons. The zero-order valence-corrected chi connectivity index (χ0v) is 16.6. The van der Waals surface area contributed by atoms with E-state index in [2.05, 4.69) is 30.8 Å². The summed E-state index contributed by atoms with van der Waals surface area (Å²) in [5.41, 5.74) is 11.8. The number of hydrogen-bond donors (Lipinski definition) is 4. The second-order valence-corrected chi connectivity index (χ2v) is 7.04. The van der Waals surface area contributed by atoms with Crippen LogP contribution in [-0.2, 0) is 4.79 Å². The summed E-state index contributed by atoms with van der Waals surface area (Å²) in [4.78, 5) is 33.5. The smallest absolute Gasteiger partial charge is 0.269 e. The highest BCUT2D eigenvalue weighted by atomic mass is 16.1. The van der Waals surface area contributed by atoms with Gasteiger partial charge in [-0.15, -0.1) is 4.80 Å². The standard InChI is InChI=1S/C19H23N9O2/c1-11(2)8-14(18(20)29)25-12-9-13(17(19(21)30)22-10-12)26-15-4-3-5-16(27-15)28-23-6-7-24-28/h3-7,9-11,14,25H,8H2,1-2H3,(H2,20,29)(H2,21,30)(H,26,27). The number of nitrogens with two attached hydrogens (primary N) is 2. The van der Waals surface area contributed by atoms with Crippen LogP contribution in [0.15, 0.2) is 42.9 Å². The first-order valence-corrected chi connectivity index (χ1v) is 9.30. The van der Waals surface area contributed by atoms with Crippen molar-refractivity contribution >= 4 is 29.0 Å². The molecule has 0 saturated heterocycles. The van der Waals surface area contributed by atoms with E-state index in [1.165, 1.54) is 11.0 Å². The number of carbonyl (C=O) groups excluding carboxylic acids is 2. The Hall–Kier alpha value is -4.02. The molecule has 3 rings (SSSR count). The highest BCUT2D eigenvalue weighted by Crippen LogP contribution is 2.23. The Balaban J connectivity index is 1.89. The first-order valence-electron chi connectivity index (χ1n) is 9.30. The molecule has 0 spiro atoms. The number of pyridine rings is 2. The number of nitrogens with zero attached hydrogens (tertiary/aromatic N) is 5. The minimum absolute atomic E-state index is 0.0319. The molecule has 11 heteroatoms. The van der Waals surface area contributed by atoms with Gasteiger partial charge in [0, 0.05) is 0 Å². The van der Waals surface area contributed by atoms with Crippen LogP contribution in [0.1, 0.15) is 30.8 Å². The Kier molecular flexibility index (Phi) is 6.20. The van der Waals surface area contributed by atoms with Crippen LogP contribution in [0.2, 0.25) is 0 Å². The van der Waals surface area contributed by atoms with E-state index < -0.39 is 17.9 Å². The minimum Gasteiger partial charge on any atom is -0.372 e. The molecular formula is C19H23N9O2. The van der Waals surface area contributed by atoms with Crippen LogP contribution in [0.3, 0.4) is 0 Å². The van der Waals surface area contributed by atoms with E-state index in [0.717, 1.165) is 0 Å². The quantitative estimate of drug-likeness (QED) is 0.409. The van der Waals surface area contributed by atoms with E-state index in [9.17, 15) is 9.59 Å². The van der Waals surface area contributed by atoms with Gasteiger partial charge in [0.1, 0.15) is 11.9 Å². The molecule has 30 heavy (non-hydrogen) atoms. The topological polar surface area (TPSA) is 167 Å². The SMILES string of the molecule is CC(C)CC(Nc1cnc(C(N)=O)c(Nc2cccc(-n3nccn3)n2)c1)C(N)=O. The van der Waals surface area contributed by atoms with Gasteiger partial charge < -0.3 is 22.1 Å². The Morgan fingerprint density at radius 3 is 2.53 bits per heavy atom. The molecule has 3 aromatic rings. The van der Waals surface area contributed by atoms with Gasteiger partial charge in [-0.05, 0) is 30.5 Å². The van der Waals surface area contributed by atoms with E-state index in [4.69, 9.17) is 11.5 Å². The van der Waals surface area contributed by atoms with Crippen molar-refractivity contribution in [3.63, 3.8) is 0 Å². The lowest BCUT2D eigenvalue weighted by molar-refractivity contribution is -0.119. The predicted octanol–water partition coefficient (Wildman–Crippen LogP) is 1.21. The van der Waals surface area contributed by atoms with Gasteiger partial charge in [0.15, 0.2) is 11.5 Å². The fourth-order valence-corrected chi connectivity index (χ4v) is 2.83. The van der Waals surface area contributed by atoms with Gasteiger partial charge in [-0.2, -0.15) is 10.2 Å². The Morgan fingerprint density at radius 2 is 1.90 bits per heavy atom. The van der Waals surface area contributed by atoms with Crippen LogP contribution < -0.4 is 22.1 Å². The van der Waals surface area contributed by atoms with E-state index in [1.54, 1.807) is 36.7 Å². The summed E-state index contributed by atoms with van der Waals surface area (Å²) in [6.45, 7) is 3.98. The molecule has 0 aromatic carbocycles. The van der Waals surface area contributed by atoms with Gasteiger partial charge in [0.25, 0.3) is 5.91 Å². The van der Waals surface area contributed by atoms with Crippen molar-refractivity contribution in [1.82, 2.24) is 25.0 Å². The third-order valence-corrected chi connectivity index (χ3v) is 4.13. The second kappa shape index (κ2) is 8.99. The molecule has 0 aliphatic carbocycles. The van der Waals surface area contributed by atoms with Crippen molar-refractivity contribution in [3.8, 4) is 5.82 Å². The number of amides is 2. The molecule has 3 heterocycles. The summed E-state index contributed by atoms with van der Waals surface area (Å²) in [6.07, 6.45) is 5.06. The number of hydrogen-bond acceptors (Lipinski definition) is 8. The van der Waals surface area contributed by atoms with Crippen LogP contribution in [0.5, 0.6) is 0 Å². The number of carbonyl (C=O) groups is 2. The van der Waals surface area contributed by atoms with E-state index >= 15 is 0 Å². The van der Waals surface area contributed by atoms with Gasteiger partial charge in [-0.3, -0.25) is 9.59 Å². The van der Waals surface area contributed by atoms with Crippen molar-refractivity contribution in [2.45, 2.75) is 26.3 Å². The molecule has 2 amide bonds. The molecule has 0 bridgehead atoms. The zero-order chi connectivity index (χ0) is 21.7.